The van der Waals surface area contributed by atoms with Crippen LogP contribution < -0.4 is 5.32 Å². The average molecular weight is 336 g/mol. The predicted molar refractivity (Wildman–Crippen MR) is 98.1 cm³/mol. The number of aromatic nitrogens is 3. The van der Waals surface area contributed by atoms with Crippen LogP contribution in [-0.4, -0.2) is 20.5 Å². The van der Waals surface area contributed by atoms with Crippen molar-refractivity contribution in [3.05, 3.63) is 66.1 Å². The molecule has 130 valence electrons. The Bertz CT molecular complexity index is 826. The topological polar surface area (TPSA) is 59.3 Å². The number of hydrogen-bond donors (Lipinski definition) is 1. The summed E-state index contributed by atoms with van der Waals surface area (Å²) in [5, 5.41) is 11.7. The Morgan fingerprint density at radius 1 is 1.08 bits per heavy atom. The van der Waals surface area contributed by atoms with Crippen LogP contribution in [-0.2, 0) is 11.2 Å². The molecule has 3 rings (SSSR count). The third kappa shape index (κ3) is 4.44. The number of benzene rings is 1. The molecule has 1 atom stereocenters. The van der Waals surface area contributed by atoms with Gasteiger partial charge in [0, 0.05) is 12.6 Å². The molecule has 0 aliphatic carbocycles. The first-order chi connectivity index (χ1) is 12.1. The van der Waals surface area contributed by atoms with Gasteiger partial charge in [0.25, 0.3) is 0 Å². The molecule has 2 heterocycles. The number of hydrogen-bond acceptors (Lipinski definition) is 3. The van der Waals surface area contributed by atoms with Gasteiger partial charge in [-0.05, 0) is 36.5 Å². The Morgan fingerprint density at radius 2 is 1.84 bits per heavy atom. The van der Waals surface area contributed by atoms with Crippen LogP contribution >= 0.6 is 0 Å². The molecule has 5 heteroatoms. The van der Waals surface area contributed by atoms with Crippen LogP contribution in [0.25, 0.3) is 5.65 Å². The van der Waals surface area contributed by atoms with Gasteiger partial charge in [-0.25, -0.2) is 0 Å². The van der Waals surface area contributed by atoms with E-state index in [1.54, 1.807) is 0 Å². The van der Waals surface area contributed by atoms with E-state index in [0.29, 0.717) is 12.3 Å². The van der Waals surface area contributed by atoms with Gasteiger partial charge in [0.15, 0.2) is 11.5 Å². The van der Waals surface area contributed by atoms with Gasteiger partial charge in [0.2, 0.25) is 5.91 Å². The maximum atomic E-state index is 12.5. The van der Waals surface area contributed by atoms with E-state index >= 15 is 0 Å². The van der Waals surface area contributed by atoms with E-state index < -0.39 is 0 Å². The van der Waals surface area contributed by atoms with Crippen molar-refractivity contribution in [2.24, 2.45) is 5.92 Å². The maximum absolute atomic E-state index is 12.5. The van der Waals surface area contributed by atoms with Crippen molar-refractivity contribution >= 4 is 11.6 Å². The minimum atomic E-state index is -0.138. The fourth-order valence-corrected chi connectivity index (χ4v) is 2.97. The van der Waals surface area contributed by atoms with Gasteiger partial charge in [-0.1, -0.05) is 50.2 Å². The van der Waals surface area contributed by atoms with Crippen molar-refractivity contribution in [1.29, 1.82) is 0 Å². The van der Waals surface area contributed by atoms with Crippen molar-refractivity contribution in [3.63, 3.8) is 0 Å². The smallest absolute Gasteiger partial charge is 0.220 e. The van der Waals surface area contributed by atoms with Crippen LogP contribution in [0.4, 0.5) is 0 Å². The summed E-state index contributed by atoms with van der Waals surface area (Å²) >= 11 is 0. The highest BCUT2D eigenvalue weighted by Crippen LogP contribution is 2.21. The summed E-state index contributed by atoms with van der Waals surface area (Å²) in [6.45, 7) is 4.29. The highest BCUT2D eigenvalue weighted by Gasteiger charge is 2.21. The van der Waals surface area contributed by atoms with Crippen LogP contribution in [0.3, 0.4) is 0 Å². The predicted octanol–water partition coefficient (Wildman–Crippen LogP) is 3.57. The number of carbonyl (C=O) groups is 1. The van der Waals surface area contributed by atoms with E-state index in [1.165, 1.54) is 5.56 Å². The number of amides is 1. The minimum absolute atomic E-state index is 0.0437. The van der Waals surface area contributed by atoms with Gasteiger partial charge in [-0.15, -0.1) is 10.2 Å². The summed E-state index contributed by atoms with van der Waals surface area (Å²) in [5.74, 6) is 1.27. The molecule has 2 aromatic heterocycles. The van der Waals surface area contributed by atoms with Crippen LogP contribution in [0.15, 0.2) is 54.7 Å². The van der Waals surface area contributed by atoms with Gasteiger partial charge >= 0.3 is 0 Å². The van der Waals surface area contributed by atoms with E-state index in [1.807, 2.05) is 59.1 Å². The Kier molecular flexibility index (Phi) is 5.43. The van der Waals surface area contributed by atoms with Crippen LogP contribution in [0.1, 0.15) is 44.1 Å². The molecule has 25 heavy (non-hydrogen) atoms. The first kappa shape index (κ1) is 17.1. The monoisotopic (exact) mass is 336 g/mol. The molecule has 0 saturated carbocycles. The molecule has 0 aliphatic rings. The quantitative estimate of drug-likeness (QED) is 0.717. The molecule has 1 aromatic carbocycles. The second kappa shape index (κ2) is 7.92. The molecule has 0 fully saturated rings. The van der Waals surface area contributed by atoms with Crippen molar-refractivity contribution in [2.75, 3.05) is 0 Å². The zero-order chi connectivity index (χ0) is 17.6. The Morgan fingerprint density at radius 3 is 2.60 bits per heavy atom. The normalized spacial score (nSPS) is 12.4. The number of carbonyl (C=O) groups excluding carboxylic acids is 1. The zero-order valence-corrected chi connectivity index (χ0v) is 14.7. The van der Waals surface area contributed by atoms with E-state index in [4.69, 9.17) is 0 Å². The largest absolute Gasteiger partial charge is 0.346 e. The van der Waals surface area contributed by atoms with Crippen LogP contribution in [0.5, 0.6) is 0 Å². The zero-order valence-electron chi connectivity index (χ0n) is 14.7. The van der Waals surface area contributed by atoms with E-state index in [9.17, 15) is 4.79 Å². The molecule has 0 spiro atoms. The molecule has 0 bridgehead atoms. The van der Waals surface area contributed by atoms with Gasteiger partial charge in [-0.2, -0.15) is 0 Å². The van der Waals surface area contributed by atoms with Crippen molar-refractivity contribution in [1.82, 2.24) is 19.9 Å². The standard InChI is InChI=1S/C20H24N4O/c1-15(2)14-17(20-23-22-18-10-6-7-13-24(18)20)21-19(25)12-11-16-8-4-3-5-9-16/h3-10,13,15,17H,11-12,14H2,1-2H3,(H,21,25). The van der Waals surface area contributed by atoms with E-state index in [-0.39, 0.29) is 11.9 Å². The fourth-order valence-electron chi connectivity index (χ4n) is 2.97. The highest BCUT2D eigenvalue weighted by molar-refractivity contribution is 5.76. The summed E-state index contributed by atoms with van der Waals surface area (Å²) in [5.41, 5.74) is 1.97. The molecule has 5 nitrogen and oxygen atoms in total. The summed E-state index contributed by atoms with van der Waals surface area (Å²) in [6.07, 6.45) is 3.97. The number of nitrogens with zero attached hydrogens (tertiary/aromatic N) is 3. The van der Waals surface area contributed by atoms with Crippen LogP contribution in [0.2, 0.25) is 0 Å². The SMILES string of the molecule is CC(C)CC(NC(=O)CCc1ccccc1)c1nnc2ccccn12. The average Bonchev–Trinajstić information content (AvgIpc) is 3.04. The molecular weight excluding hydrogens is 312 g/mol. The van der Waals surface area contributed by atoms with Crippen molar-refractivity contribution in [3.8, 4) is 0 Å². The third-order valence-corrected chi connectivity index (χ3v) is 4.18. The molecular formula is C20H24N4O. The van der Waals surface area contributed by atoms with Gasteiger partial charge in [0.1, 0.15) is 0 Å². The number of fused-ring (bicyclic) bond motifs is 1. The van der Waals surface area contributed by atoms with Gasteiger partial charge in [0.05, 0.1) is 6.04 Å². The first-order valence-electron chi connectivity index (χ1n) is 8.76. The lowest BCUT2D eigenvalue weighted by Gasteiger charge is -2.19. The lowest BCUT2D eigenvalue weighted by atomic mass is 10.0. The molecule has 0 saturated heterocycles. The second-order valence-electron chi connectivity index (χ2n) is 6.72. The summed E-state index contributed by atoms with van der Waals surface area (Å²) in [4.78, 5) is 12.5. The number of nitrogens with one attached hydrogen (secondary N) is 1. The van der Waals surface area contributed by atoms with Crippen molar-refractivity contribution < 1.29 is 4.79 Å². The van der Waals surface area contributed by atoms with Gasteiger partial charge < -0.3 is 5.32 Å². The summed E-state index contributed by atoms with van der Waals surface area (Å²) < 4.78 is 1.95. The number of aryl methyl sites for hydroxylation is 1. The number of rotatable bonds is 7. The molecule has 3 aromatic rings. The highest BCUT2D eigenvalue weighted by atomic mass is 16.1. The molecule has 1 N–H and O–H groups in total. The second-order valence-corrected chi connectivity index (χ2v) is 6.72. The Hall–Kier alpha value is -2.69. The number of pyridine rings is 1. The molecule has 1 unspecified atom stereocenters. The van der Waals surface area contributed by atoms with Gasteiger partial charge in [-0.3, -0.25) is 9.20 Å². The fraction of sp³-hybridized carbons (Fsp3) is 0.350. The summed E-state index contributed by atoms with van der Waals surface area (Å²) in [6, 6.07) is 15.7. The molecule has 0 aliphatic heterocycles. The molecule has 0 radical (unpaired) electrons. The molecule has 1 amide bonds. The Balaban J connectivity index is 1.71. The van der Waals surface area contributed by atoms with Crippen LogP contribution in [0, 0.1) is 5.92 Å². The first-order valence-corrected chi connectivity index (χ1v) is 8.76. The summed E-state index contributed by atoms with van der Waals surface area (Å²) in [7, 11) is 0. The third-order valence-electron chi connectivity index (χ3n) is 4.18. The van der Waals surface area contributed by atoms with E-state index in [0.717, 1.165) is 24.3 Å². The Labute approximate surface area is 148 Å². The van der Waals surface area contributed by atoms with Crippen molar-refractivity contribution in [2.45, 2.75) is 39.2 Å². The van der Waals surface area contributed by atoms with E-state index in [2.05, 4.69) is 29.4 Å². The lowest BCUT2D eigenvalue weighted by molar-refractivity contribution is -0.122. The maximum Gasteiger partial charge on any atom is 0.220 e. The minimum Gasteiger partial charge on any atom is -0.346 e. The lowest BCUT2D eigenvalue weighted by Crippen LogP contribution is -2.31.